The van der Waals surface area contributed by atoms with Gasteiger partial charge in [0.05, 0.1) is 12.7 Å². The van der Waals surface area contributed by atoms with Crippen LogP contribution in [0.2, 0.25) is 0 Å². The van der Waals surface area contributed by atoms with Crippen LogP contribution in [0.25, 0.3) is 6.08 Å². The summed E-state index contributed by atoms with van der Waals surface area (Å²) in [4.78, 5) is 25.0. The maximum absolute atomic E-state index is 12.0. The first-order chi connectivity index (χ1) is 13.1. The van der Waals surface area contributed by atoms with Crippen LogP contribution in [0.3, 0.4) is 0 Å². The molecule has 1 amide bonds. The second-order valence-corrected chi connectivity index (χ2v) is 7.04. The monoisotopic (exact) mass is 382 g/mol. The predicted molar refractivity (Wildman–Crippen MR) is 103 cm³/mol. The summed E-state index contributed by atoms with van der Waals surface area (Å²) in [5, 5.41) is 12.5. The van der Waals surface area contributed by atoms with Gasteiger partial charge in [-0.2, -0.15) is 5.26 Å². The Hall–Kier alpha value is -3.11. The van der Waals surface area contributed by atoms with Crippen LogP contribution in [0.4, 0.5) is 5.00 Å². The fraction of sp³-hybridized carbons (Fsp3) is 0.250. The lowest BCUT2D eigenvalue weighted by atomic mass is 10.1. The molecule has 0 unspecified atom stereocenters. The number of nitrogens with zero attached hydrogens (tertiary/aromatic N) is 1. The van der Waals surface area contributed by atoms with Crippen molar-refractivity contribution in [2.75, 3.05) is 19.0 Å². The van der Waals surface area contributed by atoms with Crippen LogP contribution in [0.1, 0.15) is 28.0 Å². The molecule has 0 fully saturated rings. The van der Waals surface area contributed by atoms with Crippen LogP contribution in [0.5, 0.6) is 5.75 Å². The highest BCUT2D eigenvalue weighted by atomic mass is 32.1. The zero-order chi connectivity index (χ0) is 19.2. The van der Waals surface area contributed by atoms with Crippen molar-refractivity contribution in [1.82, 2.24) is 0 Å². The Morgan fingerprint density at radius 3 is 2.78 bits per heavy atom. The zero-order valence-electron chi connectivity index (χ0n) is 14.8. The number of carbonyl (C=O) groups is 2. The maximum atomic E-state index is 12.0. The van der Waals surface area contributed by atoms with E-state index in [0.29, 0.717) is 10.6 Å². The summed E-state index contributed by atoms with van der Waals surface area (Å²) in [6.45, 7) is -0.404. The largest absolute Gasteiger partial charge is 0.497 e. The number of anilines is 1. The van der Waals surface area contributed by atoms with Crippen molar-refractivity contribution in [1.29, 1.82) is 5.26 Å². The van der Waals surface area contributed by atoms with Crippen molar-refractivity contribution < 1.29 is 19.1 Å². The van der Waals surface area contributed by atoms with Gasteiger partial charge in [-0.05, 0) is 48.6 Å². The van der Waals surface area contributed by atoms with Crippen LogP contribution in [0, 0.1) is 11.3 Å². The summed E-state index contributed by atoms with van der Waals surface area (Å²) in [5.41, 5.74) is 2.38. The second-order valence-electron chi connectivity index (χ2n) is 5.94. The molecule has 3 rings (SSSR count). The van der Waals surface area contributed by atoms with Gasteiger partial charge in [-0.25, -0.2) is 4.79 Å². The Kier molecular flexibility index (Phi) is 5.89. The molecule has 0 saturated carbocycles. The summed E-state index contributed by atoms with van der Waals surface area (Å²) >= 11 is 1.43. The first kappa shape index (κ1) is 18.7. The highest BCUT2D eigenvalue weighted by molar-refractivity contribution is 7.16. The van der Waals surface area contributed by atoms with Gasteiger partial charge < -0.3 is 14.8 Å². The molecule has 7 heteroatoms. The molecule has 0 atom stereocenters. The molecule has 0 saturated heterocycles. The lowest BCUT2D eigenvalue weighted by molar-refractivity contribution is -0.142. The minimum absolute atomic E-state index is 0.404. The van der Waals surface area contributed by atoms with Crippen molar-refractivity contribution in [3.63, 3.8) is 0 Å². The molecule has 1 N–H and O–H groups in total. The van der Waals surface area contributed by atoms with E-state index in [0.717, 1.165) is 41.0 Å². The van der Waals surface area contributed by atoms with Crippen LogP contribution in [0.15, 0.2) is 30.3 Å². The van der Waals surface area contributed by atoms with E-state index in [1.54, 1.807) is 37.5 Å². The minimum atomic E-state index is -0.616. The number of amides is 1. The van der Waals surface area contributed by atoms with E-state index in [1.165, 1.54) is 17.4 Å². The van der Waals surface area contributed by atoms with Gasteiger partial charge in [-0.1, -0.05) is 12.1 Å². The van der Waals surface area contributed by atoms with Gasteiger partial charge in [-0.3, -0.25) is 4.79 Å². The molecule has 0 bridgehead atoms. The van der Waals surface area contributed by atoms with Gasteiger partial charge in [-0.15, -0.1) is 11.3 Å². The van der Waals surface area contributed by atoms with Crippen molar-refractivity contribution in [2.45, 2.75) is 19.3 Å². The predicted octanol–water partition coefficient (Wildman–Crippen LogP) is 3.31. The van der Waals surface area contributed by atoms with E-state index in [-0.39, 0.29) is 0 Å². The van der Waals surface area contributed by atoms with Gasteiger partial charge >= 0.3 is 5.97 Å². The molecule has 2 aromatic rings. The molecule has 1 heterocycles. The molecular weight excluding hydrogens is 364 g/mol. The standard InChI is InChI=1S/C20H18N2O4S/c1-25-14-8-5-13(6-9-14)7-10-19(24)26-12-18(23)22-20-16(11-21)15-3-2-4-17(15)27-20/h5-10H,2-4,12H2,1H3,(H,22,23). The Balaban J connectivity index is 1.51. The van der Waals surface area contributed by atoms with Gasteiger partial charge in [0.15, 0.2) is 6.61 Å². The third kappa shape index (κ3) is 4.54. The zero-order valence-corrected chi connectivity index (χ0v) is 15.6. The number of methoxy groups -OCH3 is 1. The second kappa shape index (κ2) is 8.52. The topological polar surface area (TPSA) is 88.4 Å². The van der Waals surface area contributed by atoms with Crippen LogP contribution >= 0.6 is 11.3 Å². The van der Waals surface area contributed by atoms with Crippen LogP contribution in [-0.2, 0) is 27.2 Å². The molecule has 6 nitrogen and oxygen atoms in total. The van der Waals surface area contributed by atoms with E-state index < -0.39 is 18.5 Å². The highest BCUT2D eigenvalue weighted by Gasteiger charge is 2.23. The van der Waals surface area contributed by atoms with Crippen molar-refractivity contribution in [2.24, 2.45) is 0 Å². The average molecular weight is 382 g/mol. The first-order valence-electron chi connectivity index (χ1n) is 8.44. The Bertz CT molecular complexity index is 923. The summed E-state index contributed by atoms with van der Waals surface area (Å²) in [5.74, 6) is -0.351. The van der Waals surface area contributed by atoms with Crippen LogP contribution < -0.4 is 10.1 Å². The van der Waals surface area contributed by atoms with E-state index in [4.69, 9.17) is 9.47 Å². The first-order valence-corrected chi connectivity index (χ1v) is 9.25. The van der Waals surface area contributed by atoms with E-state index in [9.17, 15) is 14.9 Å². The summed E-state index contributed by atoms with van der Waals surface area (Å²) in [6.07, 6.45) is 5.71. The highest BCUT2D eigenvalue weighted by Crippen LogP contribution is 2.38. The molecule has 27 heavy (non-hydrogen) atoms. The summed E-state index contributed by atoms with van der Waals surface area (Å²) < 4.78 is 10.0. The Labute approximate surface area is 161 Å². The van der Waals surface area contributed by atoms with Crippen molar-refractivity contribution in [3.8, 4) is 11.8 Å². The van der Waals surface area contributed by atoms with E-state index >= 15 is 0 Å². The fourth-order valence-corrected chi connectivity index (χ4v) is 4.09. The van der Waals surface area contributed by atoms with Crippen molar-refractivity contribution >= 4 is 34.3 Å². The SMILES string of the molecule is COc1ccc(C=CC(=O)OCC(=O)Nc2sc3c(c2C#N)CCC3)cc1. The van der Waals surface area contributed by atoms with E-state index in [2.05, 4.69) is 11.4 Å². The number of hydrogen-bond acceptors (Lipinski definition) is 6. The third-order valence-corrected chi connectivity index (χ3v) is 5.37. The third-order valence-electron chi connectivity index (χ3n) is 4.16. The molecular formula is C20H18N2O4S. The number of nitrogens with one attached hydrogen (secondary N) is 1. The number of carbonyl (C=O) groups excluding carboxylic acids is 2. The van der Waals surface area contributed by atoms with Gasteiger partial charge in [0.25, 0.3) is 5.91 Å². The molecule has 0 aliphatic heterocycles. The Morgan fingerprint density at radius 2 is 2.07 bits per heavy atom. The number of fused-ring (bicyclic) bond motifs is 1. The molecule has 138 valence electrons. The number of hydrogen-bond donors (Lipinski definition) is 1. The molecule has 1 aromatic carbocycles. The smallest absolute Gasteiger partial charge is 0.331 e. The average Bonchev–Trinajstić information content (AvgIpc) is 3.25. The molecule has 0 spiro atoms. The van der Waals surface area contributed by atoms with E-state index in [1.807, 2.05) is 0 Å². The molecule has 1 aromatic heterocycles. The number of rotatable bonds is 6. The number of benzene rings is 1. The van der Waals surface area contributed by atoms with Crippen LogP contribution in [-0.4, -0.2) is 25.6 Å². The van der Waals surface area contributed by atoms with Gasteiger partial charge in [0.1, 0.15) is 16.8 Å². The minimum Gasteiger partial charge on any atom is -0.497 e. The fourth-order valence-electron chi connectivity index (χ4n) is 2.84. The number of nitriles is 1. The molecule has 1 aliphatic rings. The molecule has 1 aliphatic carbocycles. The quantitative estimate of drug-likeness (QED) is 0.612. The molecule has 0 radical (unpaired) electrons. The summed E-state index contributed by atoms with van der Waals surface area (Å²) in [7, 11) is 1.58. The number of esters is 1. The van der Waals surface area contributed by atoms with Gasteiger partial charge in [0.2, 0.25) is 0 Å². The Morgan fingerprint density at radius 1 is 1.30 bits per heavy atom. The van der Waals surface area contributed by atoms with Crippen molar-refractivity contribution in [3.05, 3.63) is 51.9 Å². The lowest BCUT2D eigenvalue weighted by Crippen LogP contribution is -2.20. The number of aryl methyl sites for hydroxylation is 1. The van der Waals surface area contributed by atoms with Gasteiger partial charge in [0, 0.05) is 11.0 Å². The number of ether oxygens (including phenoxy) is 2. The normalized spacial score (nSPS) is 12.4. The lowest BCUT2D eigenvalue weighted by Gasteiger charge is -2.04. The maximum Gasteiger partial charge on any atom is 0.331 e. The summed E-state index contributed by atoms with van der Waals surface area (Å²) in [6, 6.07) is 9.32. The number of thiophene rings is 1.